The van der Waals surface area contributed by atoms with Crippen molar-refractivity contribution >= 4 is 5.78 Å². The molecule has 1 aliphatic carbocycles. The Morgan fingerprint density at radius 1 is 1.23 bits per heavy atom. The average Bonchev–Trinajstić information content (AvgIpc) is 2.02. The molecule has 2 nitrogen and oxygen atoms in total. The highest BCUT2D eigenvalue weighted by Crippen LogP contribution is 2.32. The van der Waals surface area contributed by atoms with Crippen LogP contribution in [0.5, 0.6) is 0 Å². The van der Waals surface area contributed by atoms with Gasteiger partial charge in [-0.3, -0.25) is 9.69 Å². The summed E-state index contributed by atoms with van der Waals surface area (Å²) < 4.78 is 0. The number of hydrogen-bond donors (Lipinski definition) is 0. The maximum Gasteiger partial charge on any atom is 0.141 e. The van der Waals surface area contributed by atoms with Crippen LogP contribution >= 0.6 is 0 Å². The van der Waals surface area contributed by atoms with E-state index >= 15 is 0 Å². The molecule has 2 atom stereocenters. The molecule has 0 spiro atoms. The van der Waals surface area contributed by atoms with Crippen molar-refractivity contribution in [2.45, 2.75) is 39.2 Å². The third kappa shape index (κ3) is 1.64. The summed E-state index contributed by atoms with van der Waals surface area (Å²) in [5.41, 5.74) is 0. The van der Waals surface area contributed by atoms with E-state index in [1.807, 2.05) is 0 Å². The summed E-state index contributed by atoms with van der Waals surface area (Å²) in [5.74, 6) is 1.30. The van der Waals surface area contributed by atoms with Gasteiger partial charge in [-0.15, -0.1) is 0 Å². The van der Waals surface area contributed by atoms with Gasteiger partial charge in [0.15, 0.2) is 0 Å². The fourth-order valence-electron chi connectivity index (χ4n) is 2.65. The number of likely N-dealkylation sites (tertiary alicyclic amines) is 1. The zero-order valence-electron chi connectivity index (χ0n) is 8.62. The molecule has 2 bridgehead atoms. The van der Waals surface area contributed by atoms with Crippen LogP contribution in [0.25, 0.3) is 0 Å². The predicted octanol–water partition coefficient (Wildman–Crippen LogP) is 1.70. The van der Waals surface area contributed by atoms with E-state index in [0.29, 0.717) is 23.7 Å². The second-order valence-electron chi connectivity index (χ2n) is 4.77. The predicted molar refractivity (Wildman–Crippen MR) is 52.5 cm³/mol. The van der Waals surface area contributed by atoms with Crippen molar-refractivity contribution in [2.75, 3.05) is 13.1 Å². The minimum atomic E-state index is 0.370. The quantitative estimate of drug-likeness (QED) is 0.613. The van der Waals surface area contributed by atoms with Crippen molar-refractivity contribution in [2.24, 2.45) is 11.8 Å². The van der Waals surface area contributed by atoms with Gasteiger partial charge in [-0.2, -0.15) is 0 Å². The normalized spacial score (nSPS) is 35.5. The molecule has 2 fully saturated rings. The molecule has 74 valence electrons. The summed E-state index contributed by atoms with van der Waals surface area (Å²) in [6, 6.07) is 0.608. The molecule has 2 rings (SSSR count). The lowest BCUT2D eigenvalue weighted by Crippen LogP contribution is -2.51. The van der Waals surface area contributed by atoms with Gasteiger partial charge in [0, 0.05) is 31.0 Å². The summed E-state index contributed by atoms with van der Waals surface area (Å²) in [5, 5.41) is 0. The third-order valence-corrected chi connectivity index (χ3v) is 3.55. The number of Topliss-reactive ketones (excluding diaryl/α,β-unsaturated/α-hetero) is 1. The Morgan fingerprint density at radius 2 is 1.77 bits per heavy atom. The zero-order valence-corrected chi connectivity index (χ0v) is 8.62. The van der Waals surface area contributed by atoms with Crippen LogP contribution in [0.4, 0.5) is 0 Å². The minimum Gasteiger partial charge on any atom is -0.300 e. The Balaban J connectivity index is 2.07. The second kappa shape index (κ2) is 3.41. The SMILES string of the molecule is CC(C)N1C[C@H]2CCC[C@@H](C1)C2=O. The number of carbonyl (C=O) groups excluding carboxylic acids is 1. The van der Waals surface area contributed by atoms with E-state index in [9.17, 15) is 4.79 Å². The van der Waals surface area contributed by atoms with Gasteiger partial charge in [0.05, 0.1) is 0 Å². The number of nitrogens with zero attached hydrogens (tertiary/aromatic N) is 1. The molecule has 0 amide bonds. The summed E-state index contributed by atoms with van der Waals surface area (Å²) >= 11 is 0. The van der Waals surface area contributed by atoms with E-state index in [1.54, 1.807) is 0 Å². The first kappa shape index (κ1) is 9.20. The molecule has 2 aliphatic rings. The van der Waals surface area contributed by atoms with Crippen LogP contribution in [0.3, 0.4) is 0 Å². The second-order valence-corrected chi connectivity index (χ2v) is 4.77. The molecule has 1 saturated heterocycles. The lowest BCUT2D eigenvalue weighted by atomic mass is 9.76. The van der Waals surface area contributed by atoms with Crippen LogP contribution in [0, 0.1) is 11.8 Å². The highest BCUT2D eigenvalue weighted by molar-refractivity contribution is 5.85. The average molecular weight is 181 g/mol. The summed E-state index contributed by atoms with van der Waals surface area (Å²) in [6.45, 7) is 6.50. The molecule has 1 saturated carbocycles. The molecule has 0 radical (unpaired) electrons. The van der Waals surface area contributed by atoms with Crippen molar-refractivity contribution in [1.82, 2.24) is 4.90 Å². The van der Waals surface area contributed by atoms with Crippen LogP contribution in [-0.4, -0.2) is 29.8 Å². The van der Waals surface area contributed by atoms with Crippen LogP contribution in [-0.2, 0) is 4.79 Å². The van der Waals surface area contributed by atoms with Crippen LogP contribution in [0.15, 0.2) is 0 Å². The van der Waals surface area contributed by atoms with E-state index in [4.69, 9.17) is 0 Å². The zero-order chi connectivity index (χ0) is 9.42. The first-order valence-electron chi connectivity index (χ1n) is 5.46. The van der Waals surface area contributed by atoms with E-state index in [-0.39, 0.29) is 0 Å². The fraction of sp³-hybridized carbons (Fsp3) is 0.909. The maximum atomic E-state index is 11.7. The molecule has 1 heterocycles. The number of carbonyl (C=O) groups is 1. The van der Waals surface area contributed by atoms with Crippen molar-refractivity contribution in [1.29, 1.82) is 0 Å². The Kier molecular flexibility index (Phi) is 2.41. The van der Waals surface area contributed by atoms with Crippen LogP contribution in [0.1, 0.15) is 33.1 Å². The highest BCUT2D eigenvalue weighted by atomic mass is 16.1. The van der Waals surface area contributed by atoms with Crippen molar-refractivity contribution < 1.29 is 4.79 Å². The van der Waals surface area contributed by atoms with E-state index < -0.39 is 0 Å². The molecule has 0 unspecified atom stereocenters. The monoisotopic (exact) mass is 181 g/mol. The molecule has 0 aromatic carbocycles. The van der Waals surface area contributed by atoms with Gasteiger partial charge in [-0.1, -0.05) is 6.42 Å². The summed E-state index contributed by atoms with van der Waals surface area (Å²) in [6.07, 6.45) is 3.55. The van der Waals surface area contributed by atoms with Gasteiger partial charge in [0.25, 0.3) is 0 Å². The van der Waals surface area contributed by atoms with Gasteiger partial charge in [0.1, 0.15) is 5.78 Å². The van der Waals surface area contributed by atoms with E-state index in [0.717, 1.165) is 25.9 Å². The molecule has 0 aromatic heterocycles. The smallest absolute Gasteiger partial charge is 0.141 e. The van der Waals surface area contributed by atoms with Crippen LogP contribution < -0.4 is 0 Å². The Hall–Kier alpha value is -0.370. The molecule has 2 heteroatoms. The third-order valence-electron chi connectivity index (χ3n) is 3.55. The highest BCUT2D eigenvalue weighted by Gasteiger charge is 2.38. The fourth-order valence-corrected chi connectivity index (χ4v) is 2.65. The topological polar surface area (TPSA) is 20.3 Å². The molecule has 13 heavy (non-hydrogen) atoms. The van der Waals surface area contributed by atoms with Gasteiger partial charge >= 0.3 is 0 Å². The number of rotatable bonds is 1. The molecule has 1 aliphatic heterocycles. The lowest BCUT2D eigenvalue weighted by molar-refractivity contribution is -0.135. The van der Waals surface area contributed by atoms with Gasteiger partial charge in [-0.25, -0.2) is 0 Å². The lowest BCUT2D eigenvalue weighted by Gasteiger charge is -2.41. The molecule has 0 N–H and O–H groups in total. The number of ketones is 1. The molecular weight excluding hydrogens is 162 g/mol. The van der Waals surface area contributed by atoms with Gasteiger partial charge in [-0.05, 0) is 26.7 Å². The first-order valence-corrected chi connectivity index (χ1v) is 5.46. The van der Waals surface area contributed by atoms with Gasteiger partial charge < -0.3 is 0 Å². The Labute approximate surface area is 80.3 Å². The number of hydrogen-bond acceptors (Lipinski definition) is 2. The minimum absolute atomic E-state index is 0.370. The standard InChI is InChI=1S/C11H19NO/c1-8(2)12-6-9-4-3-5-10(7-12)11(9)13/h8-10H,3-7H2,1-2H3/t9-,10+. The van der Waals surface area contributed by atoms with E-state index in [1.165, 1.54) is 6.42 Å². The van der Waals surface area contributed by atoms with Crippen molar-refractivity contribution in [3.8, 4) is 0 Å². The van der Waals surface area contributed by atoms with Crippen molar-refractivity contribution in [3.63, 3.8) is 0 Å². The van der Waals surface area contributed by atoms with Gasteiger partial charge in [0.2, 0.25) is 0 Å². The summed E-state index contributed by atoms with van der Waals surface area (Å²) in [7, 11) is 0. The van der Waals surface area contributed by atoms with Crippen molar-refractivity contribution in [3.05, 3.63) is 0 Å². The molecule has 0 aromatic rings. The maximum absolute atomic E-state index is 11.7. The Morgan fingerprint density at radius 3 is 2.23 bits per heavy atom. The van der Waals surface area contributed by atoms with Crippen LogP contribution in [0.2, 0.25) is 0 Å². The number of fused-ring (bicyclic) bond motifs is 2. The first-order chi connectivity index (χ1) is 6.18. The Bertz CT molecular complexity index is 196. The molecular formula is C11H19NO. The number of piperidine rings is 1. The largest absolute Gasteiger partial charge is 0.300 e. The summed E-state index contributed by atoms with van der Waals surface area (Å²) in [4.78, 5) is 14.2. The van der Waals surface area contributed by atoms with E-state index in [2.05, 4.69) is 18.7 Å².